The topological polar surface area (TPSA) is 88.9 Å². The summed E-state index contributed by atoms with van der Waals surface area (Å²) in [4.78, 5) is 11.8. The highest BCUT2D eigenvalue weighted by Crippen LogP contribution is 2.25. The molecule has 1 amide bonds. The second kappa shape index (κ2) is 7.28. The number of furan rings is 1. The fraction of sp³-hybridized carbons (Fsp3) is 0.353. The second-order valence-corrected chi connectivity index (χ2v) is 7.86. The normalized spacial score (nSPS) is 14.8. The third kappa shape index (κ3) is 4.02. The van der Waals surface area contributed by atoms with E-state index in [0.29, 0.717) is 19.5 Å². The van der Waals surface area contributed by atoms with Crippen LogP contribution in [-0.4, -0.2) is 44.6 Å². The van der Waals surface area contributed by atoms with Gasteiger partial charge in [0.1, 0.15) is 5.75 Å². The molecule has 0 radical (unpaired) electrons. The summed E-state index contributed by atoms with van der Waals surface area (Å²) in [5.74, 6) is 0.371. The molecule has 1 N–H and O–H groups in total. The van der Waals surface area contributed by atoms with Crippen LogP contribution in [0.2, 0.25) is 0 Å². The van der Waals surface area contributed by atoms with Gasteiger partial charge in [-0.15, -0.1) is 0 Å². The van der Waals surface area contributed by atoms with Crippen LogP contribution in [-0.2, 0) is 23.0 Å². The van der Waals surface area contributed by atoms with Crippen molar-refractivity contribution in [1.82, 2.24) is 9.62 Å². The van der Waals surface area contributed by atoms with Gasteiger partial charge in [-0.1, -0.05) is 6.07 Å². The molecule has 2 aromatic rings. The standard InChI is InChI=1S/C17H20N2O5S/c1-23-15-5-4-14-12-19(8-6-13(14)11-15)25(21,22)10-7-18-17(20)16-3-2-9-24-16/h2-5,9,11H,6-8,10,12H2,1H3,(H,18,20). The molecule has 0 bridgehead atoms. The van der Waals surface area contributed by atoms with Crippen LogP contribution in [0.3, 0.4) is 0 Å². The first kappa shape index (κ1) is 17.5. The van der Waals surface area contributed by atoms with E-state index >= 15 is 0 Å². The van der Waals surface area contributed by atoms with Crippen molar-refractivity contribution in [1.29, 1.82) is 0 Å². The highest BCUT2D eigenvalue weighted by Gasteiger charge is 2.26. The van der Waals surface area contributed by atoms with Crippen molar-refractivity contribution in [3.8, 4) is 5.75 Å². The van der Waals surface area contributed by atoms with Gasteiger partial charge in [-0.2, -0.15) is 4.31 Å². The Morgan fingerprint density at radius 1 is 1.32 bits per heavy atom. The van der Waals surface area contributed by atoms with Gasteiger partial charge in [0.25, 0.3) is 5.91 Å². The van der Waals surface area contributed by atoms with E-state index in [4.69, 9.17) is 9.15 Å². The molecule has 8 heteroatoms. The van der Waals surface area contributed by atoms with Gasteiger partial charge < -0.3 is 14.5 Å². The largest absolute Gasteiger partial charge is 0.497 e. The van der Waals surface area contributed by atoms with E-state index in [0.717, 1.165) is 16.9 Å². The van der Waals surface area contributed by atoms with Crippen LogP contribution >= 0.6 is 0 Å². The van der Waals surface area contributed by atoms with E-state index in [1.54, 1.807) is 13.2 Å². The Morgan fingerprint density at radius 2 is 2.16 bits per heavy atom. The summed E-state index contributed by atoms with van der Waals surface area (Å²) in [6.07, 6.45) is 2.04. The number of rotatable bonds is 6. The molecule has 0 atom stereocenters. The average Bonchev–Trinajstić information content (AvgIpc) is 3.15. The summed E-state index contributed by atoms with van der Waals surface area (Å²) in [6.45, 7) is 0.802. The van der Waals surface area contributed by atoms with E-state index in [2.05, 4.69) is 5.32 Å². The number of hydrogen-bond donors (Lipinski definition) is 1. The molecule has 0 saturated carbocycles. The number of carbonyl (C=O) groups excluding carboxylic acids is 1. The van der Waals surface area contributed by atoms with Gasteiger partial charge in [0.15, 0.2) is 5.76 Å². The molecule has 0 aliphatic carbocycles. The van der Waals surface area contributed by atoms with Crippen molar-refractivity contribution in [2.24, 2.45) is 0 Å². The smallest absolute Gasteiger partial charge is 0.287 e. The minimum atomic E-state index is -3.45. The molecule has 0 saturated heterocycles. The van der Waals surface area contributed by atoms with Crippen molar-refractivity contribution in [3.63, 3.8) is 0 Å². The van der Waals surface area contributed by atoms with Crippen molar-refractivity contribution in [2.75, 3.05) is 26.0 Å². The molecule has 134 valence electrons. The quantitative estimate of drug-likeness (QED) is 0.837. The number of nitrogens with one attached hydrogen (secondary N) is 1. The third-order valence-electron chi connectivity index (χ3n) is 4.17. The van der Waals surface area contributed by atoms with Crippen LogP contribution in [0.1, 0.15) is 21.7 Å². The van der Waals surface area contributed by atoms with Gasteiger partial charge in [0.2, 0.25) is 10.0 Å². The van der Waals surface area contributed by atoms with Crippen LogP contribution in [0.4, 0.5) is 0 Å². The first-order valence-corrected chi connectivity index (χ1v) is 9.56. The van der Waals surface area contributed by atoms with E-state index < -0.39 is 15.9 Å². The van der Waals surface area contributed by atoms with E-state index in [9.17, 15) is 13.2 Å². The Morgan fingerprint density at radius 3 is 2.88 bits per heavy atom. The summed E-state index contributed by atoms with van der Waals surface area (Å²) >= 11 is 0. The molecule has 2 heterocycles. The lowest BCUT2D eigenvalue weighted by Crippen LogP contribution is -2.40. The van der Waals surface area contributed by atoms with Crippen LogP contribution in [0.15, 0.2) is 41.0 Å². The fourth-order valence-electron chi connectivity index (χ4n) is 2.79. The SMILES string of the molecule is COc1ccc2c(c1)CCN(S(=O)(=O)CCNC(=O)c1ccco1)C2. The van der Waals surface area contributed by atoms with Crippen molar-refractivity contribution in [3.05, 3.63) is 53.5 Å². The van der Waals surface area contributed by atoms with Gasteiger partial charge in [-0.25, -0.2) is 8.42 Å². The summed E-state index contributed by atoms with van der Waals surface area (Å²) in [5, 5.41) is 2.56. The number of methoxy groups -OCH3 is 1. The molecule has 25 heavy (non-hydrogen) atoms. The van der Waals surface area contributed by atoms with Crippen molar-refractivity contribution < 1.29 is 22.4 Å². The van der Waals surface area contributed by atoms with Crippen molar-refractivity contribution in [2.45, 2.75) is 13.0 Å². The Labute approximate surface area is 146 Å². The lowest BCUT2D eigenvalue weighted by atomic mass is 10.0. The van der Waals surface area contributed by atoms with E-state index in [1.165, 1.54) is 16.6 Å². The van der Waals surface area contributed by atoms with Gasteiger partial charge in [-0.05, 0) is 41.8 Å². The Hall–Kier alpha value is -2.32. The number of nitrogens with zero attached hydrogens (tertiary/aromatic N) is 1. The number of amides is 1. The summed E-state index contributed by atoms with van der Waals surface area (Å²) < 4.78 is 36.7. The van der Waals surface area contributed by atoms with Crippen molar-refractivity contribution >= 4 is 15.9 Å². The zero-order chi connectivity index (χ0) is 17.9. The molecule has 1 aromatic heterocycles. The number of fused-ring (bicyclic) bond motifs is 1. The number of ether oxygens (including phenoxy) is 1. The highest BCUT2D eigenvalue weighted by atomic mass is 32.2. The van der Waals surface area contributed by atoms with Gasteiger partial charge >= 0.3 is 0 Å². The molecule has 0 unspecified atom stereocenters. The first-order valence-electron chi connectivity index (χ1n) is 7.95. The maximum Gasteiger partial charge on any atom is 0.287 e. The minimum Gasteiger partial charge on any atom is -0.497 e. The number of benzene rings is 1. The predicted molar refractivity (Wildman–Crippen MR) is 91.9 cm³/mol. The van der Waals surface area contributed by atoms with Crippen LogP contribution in [0, 0.1) is 0 Å². The maximum atomic E-state index is 12.5. The first-order chi connectivity index (χ1) is 12.0. The molecular weight excluding hydrogens is 344 g/mol. The summed E-state index contributed by atoms with van der Waals surface area (Å²) in [6, 6.07) is 8.81. The summed E-state index contributed by atoms with van der Waals surface area (Å²) in [7, 11) is -1.84. The number of carbonyl (C=O) groups is 1. The van der Waals surface area contributed by atoms with Gasteiger partial charge in [0.05, 0.1) is 19.1 Å². The van der Waals surface area contributed by atoms with Crippen LogP contribution in [0.25, 0.3) is 0 Å². The average molecular weight is 364 g/mol. The summed E-state index contributed by atoms with van der Waals surface area (Å²) in [5.41, 5.74) is 2.09. The number of hydrogen-bond acceptors (Lipinski definition) is 5. The lowest BCUT2D eigenvalue weighted by Gasteiger charge is -2.28. The lowest BCUT2D eigenvalue weighted by molar-refractivity contribution is 0.0928. The molecular formula is C17H20N2O5S. The monoisotopic (exact) mass is 364 g/mol. The van der Waals surface area contributed by atoms with E-state index in [-0.39, 0.29) is 18.1 Å². The number of sulfonamides is 1. The molecule has 1 aromatic carbocycles. The minimum absolute atomic E-state index is 0.0356. The third-order valence-corrected chi connectivity index (χ3v) is 5.99. The molecule has 1 aliphatic rings. The molecule has 7 nitrogen and oxygen atoms in total. The highest BCUT2D eigenvalue weighted by molar-refractivity contribution is 7.89. The molecule has 0 fully saturated rings. The zero-order valence-electron chi connectivity index (χ0n) is 13.9. The van der Waals surface area contributed by atoms with E-state index in [1.807, 2.05) is 18.2 Å². The van der Waals surface area contributed by atoms with Crippen LogP contribution < -0.4 is 10.1 Å². The predicted octanol–water partition coefficient (Wildman–Crippen LogP) is 1.41. The Balaban J connectivity index is 1.58. The molecule has 0 spiro atoms. The maximum absolute atomic E-state index is 12.5. The fourth-order valence-corrected chi connectivity index (χ4v) is 4.11. The molecule has 3 rings (SSSR count). The van der Waals surface area contributed by atoms with Gasteiger partial charge in [0, 0.05) is 19.6 Å². The zero-order valence-corrected chi connectivity index (χ0v) is 14.7. The van der Waals surface area contributed by atoms with Gasteiger partial charge in [-0.3, -0.25) is 4.79 Å². The van der Waals surface area contributed by atoms with Crippen LogP contribution in [0.5, 0.6) is 5.75 Å². The Bertz CT molecular complexity index is 846. The Kier molecular flexibility index (Phi) is 5.10. The second-order valence-electron chi connectivity index (χ2n) is 5.77. The molecule has 1 aliphatic heterocycles.